The van der Waals surface area contributed by atoms with Gasteiger partial charge in [0.1, 0.15) is 0 Å². The average Bonchev–Trinajstić information content (AvgIpc) is 2.75. The van der Waals surface area contributed by atoms with Crippen molar-refractivity contribution in [1.29, 1.82) is 0 Å². The van der Waals surface area contributed by atoms with Crippen LogP contribution in [0.15, 0.2) is 24.3 Å². The molecule has 0 radical (unpaired) electrons. The second-order valence-electron chi connectivity index (χ2n) is 5.21. The molecule has 1 amide bonds. The highest BCUT2D eigenvalue weighted by atomic mass is 16.1. The Balaban J connectivity index is 1.89. The van der Waals surface area contributed by atoms with Gasteiger partial charge in [-0.2, -0.15) is 0 Å². The number of hydrogen-bond donors (Lipinski definition) is 1. The summed E-state index contributed by atoms with van der Waals surface area (Å²) < 4.78 is 0. The number of nitrogens with one attached hydrogen (secondary N) is 1. The number of ketones is 1. The third-order valence-corrected chi connectivity index (χ3v) is 3.39. The maximum Gasteiger partial charge on any atom is 0.217 e. The molecule has 1 saturated heterocycles. The summed E-state index contributed by atoms with van der Waals surface area (Å²) in [7, 11) is 0. The lowest BCUT2D eigenvalue weighted by Gasteiger charge is -2.15. The molecule has 1 aromatic carbocycles. The Bertz CT molecular complexity index is 485. The van der Waals surface area contributed by atoms with Gasteiger partial charge in [0, 0.05) is 31.6 Å². The Morgan fingerprint density at radius 2 is 2.21 bits per heavy atom. The zero-order valence-electron chi connectivity index (χ0n) is 11.5. The number of likely N-dealkylation sites (tertiary alicyclic amines) is 1. The number of Topliss-reactive ketones (excluding diaryl/α,β-unsaturated/α-hetero) is 1. The number of benzene rings is 1. The standard InChI is InChI=1S/C15H20N2O2/c1-11-4-3-5-13(8-11)15(19)10-17-7-6-14(9-17)16-12(2)18/h3-5,8,14H,6-7,9-10H2,1-2H3,(H,16,18). The van der Waals surface area contributed by atoms with Crippen molar-refractivity contribution in [2.45, 2.75) is 26.3 Å². The van der Waals surface area contributed by atoms with Gasteiger partial charge in [-0.25, -0.2) is 0 Å². The smallest absolute Gasteiger partial charge is 0.217 e. The number of aryl methyl sites for hydroxylation is 1. The van der Waals surface area contributed by atoms with E-state index in [4.69, 9.17) is 0 Å². The number of amides is 1. The lowest BCUT2D eigenvalue weighted by molar-refractivity contribution is -0.119. The maximum absolute atomic E-state index is 12.2. The van der Waals surface area contributed by atoms with Gasteiger partial charge >= 0.3 is 0 Å². The molecule has 1 atom stereocenters. The fourth-order valence-electron chi connectivity index (χ4n) is 2.49. The van der Waals surface area contributed by atoms with E-state index in [1.807, 2.05) is 31.2 Å². The number of carbonyl (C=O) groups is 2. The van der Waals surface area contributed by atoms with Crippen molar-refractivity contribution in [3.63, 3.8) is 0 Å². The number of carbonyl (C=O) groups excluding carboxylic acids is 2. The summed E-state index contributed by atoms with van der Waals surface area (Å²) in [6.07, 6.45) is 0.917. The van der Waals surface area contributed by atoms with Gasteiger partial charge in [0.15, 0.2) is 5.78 Å². The first-order chi connectivity index (χ1) is 9.04. The van der Waals surface area contributed by atoms with Crippen molar-refractivity contribution >= 4 is 11.7 Å². The van der Waals surface area contributed by atoms with Crippen LogP contribution >= 0.6 is 0 Å². The Morgan fingerprint density at radius 3 is 2.89 bits per heavy atom. The molecule has 1 fully saturated rings. The van der Waals surface area contributed by atoms with E-state index in [9.17, 15) is 9.59 Å². The van der Waals surface area contributed by atoms with Crippen LogP contribution < -0.4 is 5.32 Å². The predicted molar refractivity (Wildman–Crippen MR) is 74.2 cm³/mol. The maximum atomic E-state index is 12.2. The summed E-state index contributed by atoms with van der Waals surface area (Å²) in [4.78, 5) is 25.2. The fourth-order valence-corrected chi connectivity index (χ4v) is 2.49. The molecule has 102 valence electrons. The molecule has 1 aliphatic heterocycles. The molecule has 0 spiro atoms. The van der Waals surface area contributed by atoms with Crippen LogP contribution in [0.2, 0.25) is 0 Å². The lowest BCUT2D eigenvalue weighted by atomic mass is 10.1. The van der Waals surface area contributed by atoms with Crippen LogP contribution in [0.1, 0.15) is 29.3 Å². The molecule has 0 aliphatic carbocycles. The van der Waals surface area contributed by atoms with Crippen LogP contribution in [-0.2, 0) is 4.79 Å². The summed E-state index contributed by atoms with van der Waals surface area (Å²) in [6, 6.07) is 7.86. The third-order valence-electron chi connectivity index (χ3n) is 3.39. The van der Waals surface area contributed by atoms with Crippen molar-refractivity contribution in [3.8, 4) is 0 Å². The minimum atomic E-state index is -0.00291. The van der Waals surface area contributed by atoms with Gasteiger partial charge in [0.2, 0.25) is 5.91 Å². The van der Waals surface area contributed by atoms with E-state index in [-0.39, 0.29) is 17.7 Å². The lowest BCUT2D eigenvalue weighted by Crippen LogP contribution is -2.36. The second-order valence-corrected chi connectivity index (χ2v) is 5.21. The predicted octanol–water partition coefficient (Wildman–Crippen LogP) is 1.39. The monoisotopic (exact) mass is 260 g/mol. The summed E-state index contributed by atoms with van der Waals surface area (Å²) in [5.74, 6) is 0.143. The fraction of sp³-hybridized carbons (Fsp3) is 0.467. The van der Waals surface area contributed by atoms with E-state index < -0.39 is 0 Å². The van der Waals surface area contributed by atoms with Crippen molar-refractivity contribution in [1.82, 2.24) is 10.2 Å². The molecule has 0 saturated carbocycles. The number of nitrogens with zero attached hydrogens (tertiary/aromatic N) is 1. The molecular formula is C15H20N2O2. The minimum Gasteiger partial charge on any atom is -0.352 e. The summed E-state index contributed by atoms with van der Waals surface area (Å²) >= 11 is 0. The van der Waals surface area contributed by atoms with Gasteiger partial charge in [-0.15, -0.1) is 0 Å². The van der Waals surface area contributed by atoms with Crippen LogP contribution in [0.4, 0.5) is 0 Å². The SMILES string of the molecule is CC(=O)NC1CCN(CC(=O)c2cccc(C)c2)C1. The Morgan fingerprint density at radius 1 is 1.42 bits per heavy atom. The number of hydrogen-bond acceptors (Lipinski definition) is 3. The normalized spacial score (nSPS) is 19.4. The Kier molecular flexibility index (Phi) is 4.32. The first kappa shape index (κ1) is 13.7. The molecule has 4 nitrogen and oxygen atoms in total. The van der Waals surface area contributed by atoms with Crippen molar-refractivity contribution in [2.24, 2.45) is 0 Å². The molecule has 1 heterocycles. The van der Waals surface area contributed by atoms with E-state index in [1.165, 1.54) is 6.92 Å². The minimum absolute atomic E-state index is 0.00291. The van der Waals surface area contributed by atoms with E-state index >= 15 is 0 Å². The van der Waals surface area contributed by atoms with Crippen LogP contribution in [-0.4, -0.2) is 42.3 Å². The van der Waals surface area contributed by atoms with Crippen molar-refractivity contribution in [2.75, 3.05) is 19.6 Å². The van der Waals surface area contributed by atoms with Gasteiger partial charge in [-0.3, -0.25) is 14.5 Å². The summed E-state index contributed by atoms with van der Waals surface area (Å²) in [6.45, 7) is 5.57. The van der Waals surface area contributed by atoms with Crippen molar-refractivity contribution < 1.29 is 9.59 Å². The molecule has 1 aromatic rings. The van der Waals surface area contributed by atoms with E-state index in [1.54, 1.807) is 0 Å². The van der Waals surface area contributed by atoms with Gasteiger partial charge in [-0.05, 0) is 19.4 Å². The van der Waals surface area contributed by atoms with Crippen LogP contribution in [0.25, 0.3) is 0 Å². The van der Waals surface area contributed by atoms with E-state index in [0.29, 0.717) is 6.54 Å². The first-order valence-electron chi connectivity index (χ1n) is 6.64. The number of rotatable bonds is 4. The summed E-state index contributed by atoms with van der Waals surface area (Å²) in [5.41, 5.74) is 1.87. The van der Waals surface area contributed by atoms with Crippen LogP contribution in [0.3, 0.4) is 0 Å². The molecule has 19 heavy (non-hydrogen) atoms. The van der Waals surface area contributed by atoms with Gasteiger partial charge < -0.3 is 5.32 Å². The zero-order valence-corrected chi connectivity index (χ0v) is 11.5. The summed E-state index contributed by atoms with van der Waals surface area (Å²) in [5, 5.41) is 2.90. The molecule has 0 bridgehead atoms. The average molecular weight is 260 g/mol. The Hall–Kier alpha value is -1.68. The van der Waals surface area contributed by atoms with Gasteiger partial charge in [0.05, 0.1) is 6.54 Å². The first-order valence-corrected chi connectivity index (χ1v) is 6.64. The highest BCUT2D eigenvalue weighted by molar-refractivity contribution is 5.97. The van der Waals surface area contributed by atoms with Crippen LogP contribution in [0.5, 0.6) is 0 Å². The third kappa shape index (κ3) is 3.89. The Labute approximate surface area is 113 Å². The van der Waals surface area contributed by atoms with E-state index in [0.717, 1.165) is 30.6 Å². The second kappa shape index (κ2) is 5.97. The quantitative estimate of drug-likeness (QED) is 0.832. The highest BCUT2D eigenvalue weighted by Gasteiger charge is 2.24. The van der Waals surface area contributed by atoms with Crippen LogP contribution in [0, 0.1) is 6.92 Å². The van der Waals surface area contributed by atoms with Gasteiger partial charge in [-0.1, -0.05) is 23.8 Å². The molecule has 2 rings (SSSR count). The molecule has 1 aliphatic rings. The molecule has 4 heteroatoms. The van der Waals surface area contributed by atoms with Gasteiger partial charge in [0.25, 0.3) is 0 Å². The molecule has 0 aromatic heterocycles. The highest BCUT2D eigenvalue weighted by Crippen LogP contribution is 2.11. The molecule has 1 unspecified atom stereocenters. The zero-order chi connectivity index (χ0) is 13.8. The topological polar surface area (TPSA) is 49.4 Å². The largest absolute Gasteiger partial charge is 0.352 e. The molecule has 1 N–H and O–H groups in total. The van der Waals surface area contributed by atoms with Crippen molar-refractivity contribution in [3.05, 3.63) is 35.4 Å². The molecular weight excluding hydrogens is 240 g/mol. The van der Waals surface area contributed by atoms with E-state index in [2.05, 4.69) is 10.2 Å².